The van der Waals surface area contributed by atoms with Gasteiger partial charge in [-0.25, -0.2) is 4.98 Å². The lowest BCUT2D eigenvalue weighted by Crippen LogP contribution is -2.55. The van der Waals surface area contributed by atoms with Crippen LogP contribution in [0.4, 0.5) is 5.69 Å². The van der Waals surface area contributed by atoms with E-state index in [1.54, 1.807) is 23.1 Å². The number of nitrogens with one attached hydrogen (secondary N) is 2. The standard InChI is InChI=1S/C41H49N9O5/c1-3-41-19-29(23-50(41)34(37(43)45-24-41)18-32(42)30-6-4-5-7-35(30)51)55-39-25(2)16-26(20-44-39)21-47-12-14-48(15-13-47)28-9-8-27-22-49(40(54)31(27)17-28)33-10-11-36(52)46-38(33)53/h4-9,16-18,20,29,33,45,51H,3,10-15,19,21-24,42-43H2,1-2H3,(H,46,52,53)/b32-18-. The zero-order chi connectivity index (χ0) is 38.4. The lowest BCUT2D eigenvalue weighted by molar-refractivity contribution is -0.136. The fourth-order valence-corrected chi connectivity index (χ4v) is 8.80. The fraction of sp³-hybridized carbons (Fsp3) is 0.415. The number of ether oxygens (including phenoxy) is 1. The second kappa shape index (κ2) is 14.5. The van der Waals surface area contributed by atoms with E-state index < -0.39 is 11.9 Å². The van der Waals surface area contributed by atoms with Crippen LogP contribution in [0.3, 0.4) is 0 Å². The number of imide groups is 1. The number of aryl methyl sites for hydroxylation is 1. The summed E-state index contributed by atoms with van der Waals surface area (Å²) < 4.78 is 6.60. The minimum atomic E-state index is -0.615. The number of nitrogens with zero attached hydrogens (tertiary/aromatic N) is 5. The van der Waals surface area contributed by atoms with E-state index in [4.69, 9.17) is 21.2 Å². The third kappa shape index (κ3) is 6.90. The van der Waals surface area contributed by atoms with Crippen LogP contribution in [-0.2, 0) is 22.7 Å². The maximum absolute atomic E-state index is 13.4. The van der Waals surface area contributed by atoms with Crippen molar-refractivity contribution in [2.45, 2.75) is 70.3 Å². The van der Waals surface area contributed by atoms with Gasteiger partial charge in [0.1, 0.15) is 23.7 Å². The summed E-state index contributed by atoms with van der Waals surface area (Å²) in [7, 11) is 0. The third-order valence-corrected chi connectivity index (χ3v) is 11.9. The van der Waals surface area contributed by atoms with E-state index in [-0.39, 0.29) is 35.6 Å². The van der Waals surface area contributed by atoms with Gasteiger partial charge in [0.2, 0.25) is 17.7 Å². The van der Waals surface area contributed by atoms with Gasteiger partial charge in [0.25, 0.3) is 5.91 Å². The molecule has 3 saturated heterocycles. The highest BCUT2D eigenvalue weighted by atomic mass is 16.5. The Morgan fingerprint density at radius 3 is 2.65 bits per heavy atom. The van der Waals surface area contributed by atoms with Crippen molar-refractivity contribution in [3.63, 3.8) is 0 Å². The number of carbonyl (C=O) groups excluding carboxylic acids is 3. The molecule has 3 unspecified atom stereocenters. The molecule has 3 fully saturated rings. The summed E-state index contributed by atoms with van der Waals surface area (Å²) in [4.78, 5) is 50.8. The van der Waals surface area contributed by atoms with E-state index in [9.17, 15) is 19.5 Å². The number of pyridine rings is 1. The van der Waals surface area contributed by atoms with Crippen LogP contribution in [0, 0.1) is 6.92 Å². The normalized spacial score (nSPS) is 24.5. The molecule has 288 valence electrons. The third-order valence-electron chi connectivity index (χ3n) is 11.9. The number of phenols is 1. The first-order valence-electron chi connectivity index (χ1n) is 19.2. The Bertz CT molecular complexity index is 2090. The highest BCUT2D eigenvalue weighted by Gasteiger charge is 2.49. The van der Waals surface area contributed by atoms with Gasteiger partial charge in [-0.3, -0.25) is 24.6 Å². The monoisotopic (exact) mass is 747 g/mol. The topological polar surface area (TPSA) is 183 Å². The number of allylic oxidation sites excluding steroid dienone is 1. The number of hydrogen-bond donors (Lipinski definition) is 5. The van der Waals surface area contributed by atoms with Crippen molar-refractivity contribution in [1.29, 1.82) is 0 Å². The molecule has 14 nitrogen and oxygen atoms in total. The minimum absolute atomic E-state index is 0.109. The summed E-state index contributed by atoms with van der Waals surface area (Å²) >= 11 is 0. The number of piperidine rings is 1. The van der Waals surface area contributed by atoms with Crippen LogP contribution in [0.2, 0.25) is 0 Å². The van der Waals surface area contributed by atoms with Gasteiger partial charge in [0.15, 0.2) is 0 Å². The maximum Gasteiger partial charge on any atom is 0.255 e. The van der Waals surface area contributed by atoms with Gasteiger partial charge in [-0.2, -0.15) is 0 Å². The van der Waals surface area contributed by atoms with Crippen LogP contribution in [0.25, 0.3) is 5.70 Å². The summed E-state index contributed by atoms with van der Waals surface area (Å²) in [5, 5.41) is 16.1. The average molecular weight is 748 g/mol. The molecule has 2 aromatic carbocycles. The molecule has 8 rings (SSSR count). The minimum Gasteiger partial charge on any atom is -0.507 e. The Morgan fingerprint density at radius 1 is 1.11 bits per heavy atom. The van der Waals surface area contributed by atoms with E-state index in [1.807, 2.05) is 37.4 Å². The molecule has 1 aromatic heterocycles. The molecule has 0 radical (unpaired) electrons. The van der Waals surface area contributed by atoms with Crippen LogP contribution < -0.4 is 31.7 Å². The Balaban J connectivity index is 0.873. The van der Waals surface area contributed by atoms with Crippen molar-refractivity contribution in [2.24, 2.45) is 11.5 Å². The van der Waals surface area contributed by atoms with Crippen LogP contribution in [0.5, 0.6) is 11.6 Å². The first kappa shape index (κ1) is 36.2. The first-order chi connectivity index (χ1) is 26.5. The highest BCUT2D eigenvalue weighted by Crippen LogP contribution is 2.41. The summed E-state index contributed by atoms with van der Waals surface area (Å²) in [6, 6.07) is 14.6. The molecule has 5 aliphatic heterocycles. The predicted octanol–water partition coefficient (Wildman–Crippen LogP) is 2.51. The second-order valence-electron chi connectivity index (χ2n) is 15.4. The largest absolute Gasteiger partial charge is 0.507 e. The number of fused-ring (bicyclic) bond motifs is 2. The predicted molar refractivity (Wildman–Crippen MR) is 207 cm³/mol. The van der Waals surface area contributed by atoms with E-state index in [1.165, 1.54) is 0 Å². The highest BCUT2D eigenvalue weighted by molar-refractivity contribution is 6.05. The summed E-state index contributed by atoms with van der Waals surface area (Å²) in [6.45, 7) is 10.0. The van der Waals surface area contributed by atoms with Crippen LogP contribution in [0.1, 0.15) is 65.2 Å². The van der Waals surface area contributed by atoms with Gasteiger partial charge in [0.05, 0.1) is 17.8 Å². The maximum atomic E-state index is 13.4. The van der Waals surface area contributed by atoms with Crippen molar-refractivity contribution in [3.8, 4) is 11.6 Å². The van der Waals surface area contributed by atoms with Gasteiger partial charge in [0, 0.05) is 92.9 Å². The van der Waals surface area contributed by atoms with Gasteiger partial charge >= 0.3 is 0 Å². The number of rotatable bonds is 9. The quantitative estimate of drug-likeness (QED) is 0.202. The summed E-state index contributed by atoms with van der Waals surface area (Å²) in [5.41, 5.74) is 19.2. The number of hydrogen-bond acceptors (Lipinski definition) is 12. The Kier molecular flexibility index (Phi) is 9.53. The number of aromatic nitrogens is 1. The number of anilines is 1. The van der Waals surface area contributed by atoms with Crippen LogP contribution in [-0.4, -0.2) is 99.5 Å². The van der Waals surface area contributed by atoms with Gasteiger partial charge in [-0.1, -0.05) is 25.1 Å². The summed E-state index contributed by atoms with van der Waals surface area (Å²) in [6.07, 6.45) is 5.91. The smallest absolute Gasteiger partial charge is 0.255 e. The lowest BCUT2D eigenvalue weighted by Gasteiger charge is -2.44. The molecule has 3 atom stereocenters. The molecule has 0 spiro atoms. The number of piperazine rings is 1. The van der Waals surface area contributed by atoms with E-state index in [0.717, 1.165) is 73.6 Å². The van der Waals surface area contributed by atoms with Crippen molar-refractivity contribution in [3.05, 3.63) is 100 Å². The molecule has 0 aliphatic carbocycles. The summed E-state index contributed by atoms with van der Waals surface area (Å²) in [5.74, 6) is 0.456. The van der Waals surface area contributed by atoms with Gasteiger partial charge in [-0.05, 0) is 67.3 Å². The molecule has 3 aromatic rings. The number of nitrogens with two attached hydrogens (primary N) is 2. The van der Waals surface area contributed by atoms with Crippen molar-refractivity contribution in [1.82, 2.24) is 30.3 Å². The first-order valence-corrected chi connectivity index (χ1v) is 19.2. The van der Waals surface area contributed by atoms with Crippen molar-refractivity contribution in [2.75, 3.05) is 44.2 Å². The number of aromatic hydroxyl groups is 1. The molecule has 3 amide bonds. The number of amides is 3. The van der Waals surface area contributed by atoms with Crippen molar-refractivity contribution >= 4 is 29.1 Å². The Labute approximate surface area is 320 Å². The van der Waals surface area contributed by atoms with Gasteiger partial charge in [-0.15, -0.1) is 0 Å². The molecule has 0 bridgehead atoms. The molecule has 14 heteroatoms. The van der Waals surface area contributed by atoms with E-state index in [0.29, 0.717) is 54.6 Å². The second-order valence-corrected chi connectivity index (χ2v) is 15.4. The molecular weight excluding hydrogens is 699 g/mol. The number of para-hydroxylation sites is 1. The lowest BCUT2D eigenvalue weighted by atomic mass is 9.90. The molecule has 55 heavy (non-hydrogen) atoms. The zero-order valence-electron chi connectivity index (χ0n) is 31.4. The number of phenolic OH excluding ortho intramolecular Hbond substituents is 1. The van der Waals surface area contributed by atoms with Gasteiger partial charge < -0.3 is 41.3 Å². The SMILES string of the molecule is CCC12CNC(N)=C(/C=C(\N)c3ccccc3O)N1CC(Oc1ncc(CN3CCN(c4ccc5c(c4)C(=O)N(C4CCC(=O)NC4=O)C5)CC3)cc1C)C2. The average Bonchev–Trinajstić information content (AvgIpc) is 3.71. The zero-order valence-corrected chi connectivity index (χ0v) is 31.4. The molecular formula is C41H49N9O5. The fourth-order valence-electron chi connectivity index (χ4n) is 8.80. The number of benzene rings is 2. The number of carbonyl (C=O) groups is 3. The Hall–Kier alpha value is -5.76. The molecule has 6 heterocycles. The Morgan fingerprint density at radius 2 is 1.91 bits per heavy atom. The molecule has 7 N–H and O–H groups in total. The van der Waals surface area contributed by atoms with Crippen LogP contribution >= 0.6 is 0 Å². The van der Waals surface area contributed by atoms with E-state index in [2.05, 4.69) is 44.4 Å². The van der Waals surface area contributed by atoms with Crippen molar-refractivity contribution < 1.29 is 24.2 Å². The van der Waals surface area contributed by atoms with E-state index >= 15 is 0 Å². The molecule has 5 aliphatic rings. The van der Waals surface area contributed by atoms with Crippen LogP contribution in [0.15, 0.2) is 72.3 Å². The molecule has 0 saturated carbocycles.